The van der Waals surface area contributed by atoms with Crippen molar-refractivity contribution in [1.82, 2.24) is 10.6 Å². The Labute approximate surface area is 165 Å². The first-order chi connectivity index (χ1) is 13.3. The molecule has 1 unspecified atom stereocenters. The molecular weight excluding hydrogens is 390 g/mol. The van der Waals surface area contributed by atoms with E-state index in [1.807, 2.05) is 0 Å². The molecule has 0 aliphatic heterocycles. The largest absolute Gasteiger partial charge is 0.484 e. The van der Waals surface area contributed by atoms with Gasteiger partial charge in [0, 0.05) is 22.7 Å². The Hall–Kier alpha value is -2.22. The molecule has 0 saturated heterocycles. The second-order valence-corrected chi connectivity index (χ2v) is 7.98. The first-order valence-electron chi connectivity index (χ1n) is 8.89. The fraction of sp³-hybridized carbons (Fsp3) is 0.350. The summed E-state index contributed by atoms with van der Waals surface area (Å²) in [7, 11) is 0. The van der Waals surface area contributed by atoms with E-state index in [2.05, 4.69) is 10.6 Å². The Kier molecular flexibility index (Phi) is 4.77. The predicted molar refractivity (Wildman–Crippen MR) is 98.9 cm³/mol. The SMILES string of the molecule is O=C(COc1ccc(Cl)c(F)c1)NC12CC(NC(O)c3ccccc3F)(C1)C2. The molecule has 0 spiro atoms. The van der Waals surface area contributed by atoms with Gasteiger partial charge in [0.25, 0.3) is 5.91 Å². The third-order valence-electron chi connectivity index (χ3n) is 5.34. The lowest BCUT2D eigenvalue weighted by atomic mass is 9.44. The predicted octanol–water partition coefficient (Wildman–Crippen LogP) is 3.07. The van der Waals surface area contributed by atoms with Crippen LogP contribution < -0.4 is 15.4 Å². The number of carbonyl (C=O) groups is 1. The molecule has 5 rings (SSSR count). The Bertz CT molecular complexity index is 904. The number of hydrogen-bond acceptors (Lipinski definition) is 4. The molecule has 148 valence electrons. The molecule has 3 N–H and O–H groups in total. The van der Waals surface area contributed by atoms with Crippen molar-refractivity contribution in [3.63, 3.8) is 0 Å². The maximum atomic E-state index is 13.8. The van der Waals surface area contributed by atoms with Crippen LogP contribution in [0.4, 0.5) is 8.78 Å². The zero-order valence-corrected chi connectivity index (χ0v) is 15.6. The number of nitrogens with one attached hydrogen (secondary N) is 2. The van der Waals surface area contributed by atoms with Crippen LogP contribution in [0.3, 0.4) is 0 Å². The van der Waals surface area contributed by atoms with Crippen LogP contribution in [0.2, 0.25) is 5.02 Å². The van der Waals surface area contributed by atoms with Crippen molar-refractivity contribution in [2.45, 2.75) is 36.6 Å². The Morgan fingerprint density at radius 1 is 1.14 bits per heavy atom. The molecule has 2 aromatic rings. The van der Waals surface area contributed by atoms with Gasteiger partial charge in [-0.2, -0.15) is 0 Å². The number of hydrogen-bond donors (Lipinski definition) is 3. The van der Waals surface area contributed by atoms with Crippen LogP contribution in [0.1, 0.15) is 31.1 Å². The smallest absolute Gasteiger partial charge is 0.258 e. The summed E-state index contributed by atoms with van der Waals surface area (Å²) >= 11 is 5.60. The monoisotopic (exact) mass is 408 g/mol. The molecule has 3 fully saturated rings. The van der Waals surface area contributed by atoms with Crippen molar-refractivity contribution in [3.8, 4) is 5.75 Å². The number of ether oxygens (including phenoxy) is 1. The zero-order chi connectivity index (χ0) is 19.9. The lowest BCUT2D eigenvalue weighted by Gasteiger charge is -2.71. The van der Waals surface area contributed by atoms with Crippen molar-refractivity contribution in [3.05, 3.63) is 64.7 Å². The number of amides is 1. The van der Waals surface area contributed by atoms with Crippen LogP contribution in [-0.2, 0) is 4.79 Å². The van der Waals surface area contributed by atoms with Crippen LogP contribution in [0.25, 0.3) is 0 Å². The summed E-state index contributed by atoms with van der Waals surface area (Å²) in [4.78, 5) is 12.1. The number of aliphatic hydroxyl groups is 1. The number of carbonyl (C=O) groups excluding carboxylic acids is 1. The van der Waals surface area contributed by atoms with Gasteiger partial charge in [0.1, 0.15) is 23.6 Å². The first-order valence-corrected chi connectivity index (χ1v) is 9.27. The fourth-order valence-corrected chi connectivity index (χ4v) is 4.30. The summed E-state index contributed by atoms with van der Waals surface area (Å²) in [5.41, 5.74) is -0.420. The van der Waals surface area contributed by atoms with Crippen LogP contribution in [-0.4, -0.2) is 28.7 Å². The molecule has 5 nitrogen and oxygen atoms in total. The summed E-state index contributed by atoms with van der Waals surface area (Å²) in [6.07, 6.45) is 0.838. The van der Waals surface area contributed by atoms with Crippen LogP contribution in [0.5, 0.6) is 5.75 Å². The molecule has 3 aliphatic rings. The maximum absolute atomic E-state index is 13.8. The highest BCUT2D eigenvalue weighted by Crippen LogP contribution is 2.61. The van der Waals surface area contributed by atoms with Gasteiger partial charge in [-0.15, -0.1) is 0 Å². The van der Waals surface area contributed by atoms with Gasteiger partial charge in [-0.25, -0.2) is 8.78 Å². The van der Waals surface area contributed by atoms with E-state index in [1.54, 1.807) is 12.1 Å². The highest BCUT2D eigenvalue weighted by atomic mass is 35.5. The van der Waals surface area contributed by atoms with Crippen LogP contribution in [0, 0.1) is 11.6 Å². The van der Waals surface area contributed by atoms with Crippen LogP contribution >= 0.6 is 11.6 Å². The third kappa shape index (κ3) is 3.57. The Morgan fingerprint density at radius 2 is 1.86 bits per heavy atom. The number of benzene rings is 2. The molecule has 1 amide bonds. The van der Waals surface area contributed by atoms with Gasteiger partial charge < -0.3 is 15.2 Å². The average Bonchev–Trinajstić information content (AvgIpc) is 2.60. The third-order valence-corrected chi connectivity index (χ3v) is 5.65. The van der Waals surface area contributed by atoms with Gasteiger partial charge in [-0.3, -0.25) is 10.1 Å². The molecule has 8 heteroatoms. The number of rotatable bonds is 7. The minimum absolute atomic E-state index is 0.0129. The molecule has 0 aromatic heterocycles. The van der Waals surface area contributed by atoms with Gasteiger partial charge >= 0.3 is 0 Å². The lowest BCUT2D eigenvalue weighted by molar-refractivity contribution is -0.151. The summed E-state index contributed by atoms with van der Waals surface area (Å²) in [6, 6.07) is 10.0. The van der Waals surface area contributed by atoms with E-state index in [0.29, 0.717) is 19.3 Å². The van der Waals surface area contributed by atoms with Crippen molar-refractivity contribution < 1.29 is 23.4 Å². The molecule has 1 atom stereocenters. The van der Waals surface area contributed by atoms with E-state index in [-0.39, 0.29) is 39.9 Å². The summed E-state index contributed by atoms with van der Waals surface area (Å²) < 4.78 is 32.4. The van der Waals surface area contributed by atoms with Crippen LogP contribution in [0.15, 0.2) is 42.5 Å². The van der Waals surface area contributed by atoms with E-state index in [0.717, 1.165) is 6.07 Å². The van der Waals surface area contributed by atoms with Crippen molar-refractivity contribution in [2.24, 2.45) is 0 Å². The number of halogens is 3. The lowest BCUT2D eigenvalue weighted by Crippen LogP contribution is -2.83. The minimum atomic E-state index is -1.10. The molecule has 3 aliphatic carbocycles. The van der Waals surface area contributed by atoms with Gasteiger partial charge in [0.2, 0.25) is 0 Å². The van der Waals surface area contributed by atoms with E-state index < -0.39 is 17.9 Å². The highest BCUT2D eigenvalue weighted by Gasteiger charge is 2.68. The standard InChI is InChI=1S/C20H19ClF2N2O3/c21-14-6-5-12(7-16(14)23)28-8-17(26)24-19-9-20(10-19,11-19)25-18(27)13-3-1-2-4-15(13)22/h1-7,18,25,27H,8-11H2,(H,24,26). The normalized spacial score (nSPS) is 26.0. The molecule has 3 saturated carbocycles. The first kappa shape index (κ1) is 19.1. The quantitative estimate of drug-likeness (QED) is 0.616. The van der Waals surface area contributed by atoms with E-state index in [4.69, 9.17) is 16.3 Å². The Morgan fingerprint density at radius 3 is 2.54 bits per heavy atom. The van der Waals surface area contributed by atoms with E-state index in [9.17, 15) is 18.7 Å². The van der Waals surface area contributed by atoms with Gasteiger partial charge in [-0.1, -0.05) is 29.8 Å². The zero-order valence-electron chi connectivity index (χ0n) is 14.8. The second kappa shape index (κ2) is 6.99. The summed E-state index contributed by atoms with van der Waals surface area (Å²) in [6.45, 7) is -0.235. The van der Waals surface area contributed by atoms with Gasteiger partial charge in [-0.05, 0) is 37.5 Å². The van der Waals surface area contributed by atoms with Gasteiger partial charge in [0.15, 0.2) is 6.61 Å². The average molecular weight is 409 g/mol. The summed E-state index contributed by atoms with van der Waals surface area (Å²) in [5.74, 6) is -1.16. The van der Waals surface area contributed by atoms with Crippen molar-refractivity contribution in [1.29, 1.82) is 0 Å². The molecule has 0 radical (unpaired) electrons. The summed E-state index contributed by atoms with van der Waals surface area (Å²) in [5, 5.41) is 16.2. The molecule has 0 heterocycles. The van der Waals surface area contributed by atoms with E-state index in [1.165, 1.54) is 24.3 Å². The molecular formula is C20H19ClF2N2O3. The fourth-order valence-electron chi connectivity index (χ4n) is 4.19. The van der Waals surface area contributed by atoms with Gasteiger partial charge in [0.05, 0.1) is 5.02 Å². The second-order valence-electron chi connectivity index (χ2n) is 7.57. The highest BCUT2D eigenvalue weighted by molar-refractivity contribution is 6.30. The van der Waals surface area contributed by atoms with E-state index >= 15 is 0 Å². The molecule has 28 heavy (non-hydrogen) atoms. The topological polar surface area (TPSA) is 70.6 Å². The van der Waals surface area contributed by atoms with Crippen molar-refractivity contribution in [2.75, 3.05) is 6.61 Å². The molecule has 2 aromatic carbocycles. The Balaban J connectivity index is 1.24. The molecule has 2 bridgehead atoms. The minimum Gasteiger partial charge on any atom is -0.484 e. The number of aliphatic hydroxyl groups excluding tert-OH is 1. The van der Waals surface area contributed by atoms with Crippen molar-refractivity contribution >= 4 is 17.5 Å². The maximum Gasteiger partial charge on any atom is 0.258 e.